The number of amides is 3. The number of hydrogen-bond acceptors (Lipinski definition) is 6. The lowest BCUT2D eigenvalue weighted by molar-refractivity contribution is -0.136. The van der Waals surface area contributed by atoms with Gasteiger partial charge >= 0.3 is 12.0 Å². The lowest BCUT2D eigenvalue weighted by atomic mass is 9.94. The minimum absolute atomic E-state index is 0.113. The third-order valence-corrected chi connectivity index (χ3v) is 4.98. The number of hydrogen-bond donors (Lipinski definition) is 2. The zero-order valence-electron chi connectivity index (χ0n) is 18.7. The molecule has 1 aliphatic rings. The van der Waals surface area contributed by atoms with Gasteiger partial charge in [-0.15, -0.1) is 0 Å². The highest BCUT2D eigenvalue weighted by atomic mass is 16.5. The highest BCUT2D eigenvalue weighted by Gasteiger charge is 2.33. The van der Waals surface area contributed by atoms with Crippen molar-refractivity contribution in [2.75, 3.05) is 33.4 Å². The zero-order chi connectivity index (χ0) is 23.0. The van der Waals surface area contributed by atoms with Crippen LogP contribution in [0.2, 0.25) is 0 Å². The van der Waals surface area contributed by atoms with Crippen LogP contribution in [0.3, 0.4) is 0 Å². The fourth-order valence-electron chi connectivity index (χ4n) is 3.40. The predicted molar refractivity (Wildman–Crippen MR) is 115 cm³/mol. The topological polar surface area (TPSA) is 106 Å². The molecule has 170 valence electrons. The van der Waals surface area contributed by atoms with E-state index in [-0.39, 0.29) is 12.5 Å². The number of carbonyl (C=O) groups is 3. The highest BCUT2D eigenvalue weighted by molar-refractivity contribution is 5.95. The molecule has 1 unspecified atom stereocenters. The van der Waals surface area contributed by atoms with Crippen molar-refractivity contribution in [2.45, 2.75) is 40.2 Å². The van der Waals surface area contributed by atoms with Gasteiger partial charge in [0.1, 0.15) is 0 Å². The molecule has 9 heteroatoms. The average Bonchev–Trinajstić information content (AvgIpc) is 2.78. The number of esters is 1. The average molecular weight is 434 g/mol. The Morgan fingerprint density at radius 1 is 1.06 bits per heavy atom. The van der Waals surface area contributed by atoms with Crippen molar-refractivity contribution < 1.29 is 28.6 Å². The largest absolute Gasteiger partial charge is 0.490 e. The van der Waals surface area contributed by atoms with Gasteiger partial charge in [0.05, 0.1) is 25.3 Å². The van der Waals surface area contributed by atoms with E-state index in [1.165, 1.54) is 7.11 Å². The maximum absolute atomic E-state index is 12.4. The first-order valence-electron chi connectivity index (χ1n) is 10.5. The number of benzene rings is 1. The third-order valence-electron chi connectivity index (χ3n) is 4.98. The van der Waals surface area contributed by atoms with Crippen molar-refractivity contribution >= 4 is 17.9 Å². The first-order valence-corrected chi connectivity index (χ1v) is 10.5. The van der Waals surface area contributed by atoms with Gasteiger partial charge in [-0.05, 0) is 44.9 Å². The van der Waals surface area contributed by atoms with Crippen LogP contribution in [0.5, 0.6) is 11.5 Å². The molecule has 2 rings (SSSR count). The summed E-state index contributed by atoms with van der Waals surface area (Å²) in [6.45, 7) is 8.97. The van der Waals surface area contributed by atoms with Crippen molar-refractivity contribution in [3.8, 4) is 11.5 Å². The Hall–Kier alpha value is -3.23. The molecule has 0 fully saturated rings. The molecule has 3 amide bonds. The van der Waals surface area contributed by atoms with Crippen LogP contribution in [0.1, 0.15) is 45.7 Å². The number of likely N-dealkylation sites (N-methyl/N-ethyl adjacent to an activating group) is 1. The molecule has 0 radical (unpaired) electrons. The molecule has 0 aromatic heterocycles. The summed E-state index contributed by atoms with van der Waals surface area (Å²) < 4.78 is 16.4. The number of methoxy groups -OCH3 is 1. The summed E-state index contributed by atoms with van der Waals surface area (Å²) >= 11 is 0. The first kappa shape index (κ1) is 24.0. The molecule has 0 aliphatic carbocycles. The molecule has 0 spiro atoms. The van der Waals surface area contributed by atoms with Crippen LogP contribution in [0.4, 0.5) is 4.79 Å². The molecule has 0 bridgehead atoms. The van der Waals surface area contributed by atoms with Crippen molar-refractivity contribution in [3.05, 3.63) is 35.0 Å². The van der Waals surface area contributed by atoms with Crippen LogP contribution in [-0.4, -0.2) is 56.2 Å². The van der Waals surface area contributed by atoms with Gasteiger partial charge < -0.3 is 29.7 Å². The molecule has 1 aromatic rings. The summed E-state index contributed by atoms with van der Waals surface area (Å²) in [6.07, 6.45) is 0.460. The molecule has 2 N–H and O–H groups in total. The van der Waals surface area contributed by atoms with E-state index in [1.54, 1.807) is 23.1 Å². The first-order chi connectivity index (χ1) is 14.9. The van der Waals surface area contributed by atoms with Crippen LogP contribution in [0, 0.1) is 0 Å². The lowest BCUT2D eigenvalue weighted by Crippen LogP contribution is -2.45. The quantitative estimate of drug-likeness (QED) is 0.549. The van der Waals surface area contributed by atoms with E-state index in [0.717, 1.165) is 0 Å². The molecule has 1 aromatic carbocycles. The van der Waals surface area contributed by atoms with Crippen molar-refractivity contribution in [1.29, 1.82) is 0 Å². The minimum atomic E-state index is -0.707. The lowest BCUT2D eigenvalue weighted by Gasteiger charge is -2.29. The summed E-state index contributed by atoms with van der Waals surface area (Å²) in [5, 5.41) is 5.43. The van der Waals surface area contributed by atoms with E-state index in [0.29, 0.717) is 54.4 Å². The van der Waals surface area contributed by atoms with Gasteiger partial charge in [-0.1, -0.05) is 13.0 Å². The van der Waals surface area contributed by atoms with Crippen LogP contribution < -0.4 is 20.1 Å². The molecule has 9 nitrogen and oxygen atoms in total. The van der Waals surface area contributed by atoms with Gasteiger partial charge in [0.15, 0.2) is 18.1 Å². The summed E-state index contributed by atoms with van der Waals surface area (Å²) in [5.41, 5.74) is 1.47. The van der Waals surface area contributed by atoms with Gasteiger partial charge in [-0.2, -0.15) is 0 Å². The summed E-state index contributed by atoms with van der Waals surface area (Å²) in [4.78, 5) is 38.5. The normalized spacial score (nSPS) is 15.6. The maximum Gasteiger partial charge on any atom is 0.337 e. The van der Waals surface area contributed by atoms with Crippen molar-refractivity contribution in [2.24, 2.45) is 0 Å². The van der Waals surface area contributed by atoms with Gasteiger partial charge in [0.25, 0.3) is 5.91 Å². The molecular weight excluding hydrogens is 402 g/mol. The van der Waals surface area contributed by atoms with Crippen molar-refractivity contribution in [3.63, 3.8) is 0 Å². The number of urea groups is 1. The Morgan fingerprint density at radius 3 is 2.35 bits per heavy atom. The molecule has 31 heavy (non-hydrogen) atoms. The number of ether oxygens (including phenoxy) is 3. The summed E-state index contributed by atoms with van der Waals surface area (Å²) in [7, 11) is 1.30. The molecule has 1 aliphatic heterocycles. The van der Waals surface area contributed by atoms with Crippen molar-refractivity contribution in [1.82, 2.24) is 15.5 Å². The molecular formula is C22H31N3O6. The smallest absolute Gasteiger partial charge is 0.337 e. The fraction of sp³-hybridized carbons (Fsp3) is 0.500. The molecule has 0 saturated carbocycles. The Balaban J connectivity index is 2.37. The Labute approximate surface area is 182 Å². The van der Waals surface area contributed by atoms with Gasteiger partial charge in [0.2, 0.25) is 0 Å². The monoisotopic (exact) mass is 433 g/mol. The number of carbonyl (C=O) groups excluding carboxylic acids is 3. The van der Waals surface area contributed by atoms with E-state index < -0.39 is 18.0 Å². The second-order valence-electron chi connectivity index (χ2n) is 6.76. The minimum Gasteiger partial charge on any atom is -0.490 e. The number of rotatable bonds is 10. The summed E-state index contributed by atoms with van der Waals surface area (Å²) in [5.74, 6) is 0.177. The van der Waals surface area contributed by atoms with Crippen LogP contribution >= 0.6 is 0 Å². The third kappa shape index (κ3) is 5.68. The van der Waals surface area contributed by atoms with Gasteiger partial charge in [-0.25, -0.2) is 9.59 Å². The van der Waals surface area contributed by atoms with Crippen LogP contribution in [0.25, 0.3) is 0 Å². The number of nitrogens with one attached hydrogen (secondary N) is 2. The van der Waals surface area contributed by atoms with Crippen LogP contribution in [-0.2, 0) is 14.3 Å². The molecule has 1 heterocycles. The molecule has 0 saturated heterocycles. The second-order valence-corrected chi connectivity index (χ2v) is 6.76. The van der Waals surface area contributed by atoms with E-state index >= 15 is 0 Å². The van der Waals surface area contributed by atoms with E-state index in [4.69, 9.17) is 14.2 Å². The maximum atomic E-state index is 12.4. The Kier molecular flexibility index (Phi) is 8.72. The van der Waals surface area contributed by atoms with E-state index in [2.05, 4.69) is 10.6 Å². The fourth-order valence-corrected chi connectivity index (χ4v) is 3.40. The zero-order valence-corrected chi connectivity index (χ0v) is 18.7. The molecule has 1 atom stereocenters. The Bertz CT molecular complexity index is 848. The predicted octanol–water partition coefficient (Wildman–Crippen LogP) is 2.52. The number of allylic oxidation sites excluding steroid dienone is 1. The number of nitrogens with zero attached hydrogens (tertiary/aromatic N) is 1. The SMILES string of the molecule is CCOc1cc(C2NC(=O)NC(CC)=C2C(=O)OC)ccc1OCC(=O)N(CC)CC. The Morgan fingerprint density at radius 2 is 1.77 bits per heavy atom. The van der Waals surface area contributed by atoms with E-state index in [9.17, 15) is 14.4 Å². The van der Waals surface area contributed by atoms with Crippen LogP contribution in [0.15, 0.2) is 29.5 Å². The van der Waals surface area contributed by atoms with E-state index in [1.807, 2.05) is 27.7 Å². The highest BCUT2D eigenvalue weighted by Crippen LogP contribution is 2.35. The van der Waals surface area contributed by atoms with Gasteiger partial charge in [-0.3, -0.25) is 4.79 Å². The van der Waals surface area contributed by atoms with Gasteiger partial charge in [0, 0.05) is 18.8 Å². The standard InChI is InChI=1S/C22H31N3O6/c1-6-15-19(21(27)29-5)20(24-22(28)23-15)14-10-11-16(17(12-14)30-9-4)31-13-18(26)25(7-2)8-3/h10-12,20H,6-9,13H2,1-5H3,(H2,23,24,28). The second kappa shape index (κ2) is 11.2. The summed E-state index contributed by atoms with van der Waals surface area (Å²) in [6, 6.07) is 3.99.